The Morgan fingerprint density at radius 3 is 2.67 bits per heavy atom. The number of aryl methyl sites for hydroxylation is 1. The van der Waals surface area contributed by atoms with Crippen LogP contribution in [0.4, 0.5) is 10.5 Å². The summed E-state index contributed by atoms with van der Waals surface area (Å²) in [7, 11) is 0. The zero-order valence-corrected chi connectivity index (χ0v) is 15.3. The van der Waals surface area contributed by atoms with Crippen molar-refractivity contribution in [1.29, 1.82) is 0 Å². The second-order valence-corrected chi connectivity index (χ2v) is 6.81. The molecule has 1 aromatic rings. The minimum Gasteiger partial charge on any atom is -0.339 e. The van der Waals surface area contributed by atoms with Crippen molar-refractivity contribution in [1.82, 2.24) is 9.80 Å². The number of hydrogen-bond donors (Lipinski definition) is 1. The van der Waals surface area contributed by atoms with E-state index in [9.17, 15) is 9.59 Å². The number of anilines is 1. The van der Waals surface area contributed by atoms with Crippen molar-refractivity contribution in [2.45, 2.75) is 46.5 Å². The molecule has 0 aromatic heterocycles. The number of piperazine rings is 1. The highest BCUT2D eigenvalue weighted by Gasteiger charge is 2.26. The van der Waals surface area contributed by atoms with Crippen molar-refractivity contribution >= 4 is 17.6 Å². The first kappa shape index (κ1) is 18.3. The highest BCUT2D eigenvalue weighted by molar-refractivity contribution is 5.93. The maximum absolute atomic E-state index is 12.4. The van der Waals surface area contributed by atoms with Crippen molar-refractivity contribution in [3.63, 3.8) is 0 Å². The SMILES string of the molecule is CCCCN1CCN(C(=O)Nc2ccc(C)c(C(C)C)c2)CC1=O. The number of urea groups is 1. The van der Waals surface area contributed by atoms with Crippen LogP contribution in [0.3, 0.4) is 0 Å². The van der Waals surface area contributed by atoms with Gasteiger partial charge in [-0.1, -0.05) is 33.3 Å². The number of unbranched alkanes of at least 4 members (excludes halogenated alkanes) is 1. The van der Waals surface area contributed by atoms with E-state index in [-0.39, 0.29) is 18.5 Å². The number of nitrogens with zero attached hydrogens (tertiary/aromatic N) is 2. The Bertz CT molecular complexity index is 598. The minimum absolute atomic E-state index is 0.0385. The largest absolute Gasteiger partial charge is 0.339 e. The Kier molecular flexibility index (Phi) is 6.23. The fourth-order valence-electron chi connectivity index (χ4n) is 3.01. The zero-order valence-electron chi connectivity index (χ0n) is 15.3. The molecule has 1 aliphatic rings. The van der Waals surface area contributed by atoms with E-state index in [4.69, 9.17) is 0 Å². The van der Waals surface area contributed by atoms with Crippen LogP contribution in [0.1, 0.15) is 50.7 Å². The molecule has 1 aliphatic heterocycles. The van der Waals surface area contributed by atoms with Crippen LogP contribution in [0.5, 0.6) is 0 Å². The van der Waals surface area contributed by atoms with Crippen molar-refractivity contribution < 1.29 is 9.59 Å². The van der Waals surface area contributed by atoms with Gasteiger partial charge in [0.15, 0.2) is 0 Å². The monoisotopic (exact) mass is 331 g/mol. The summed E-state index contributed by atoms with van der Waals surface area (Å²) in [5.41, 5.74) is 3.24. The van der Waals surface area contributed by atoms with E-state index in [2.05, 4.69) is 33.0 Å². The summed E-state index contributed by atoms with van der Waals surface area (Å²) in [6, 6.07) is 5.77. The van der Waals surface area contributed by atoms with Gasteiger partial charge in [-0.15, -0.1) is 0 Å². The molecule has 0 spiro atoms. The summed E-state index contributed by atoms with van der Waals surface area (Å²) in [6.07, 6.45) is 2.08. The molecule has 0 aliphatic carbocycles. The van der Waals surface area contributed by atoms with E-state index >= 15 is 0 Å². The molecule has 0 atom stereocenters. The van der Waals surface area contributed by atoms with E-state index in [0.717, 1.165) is 25.1 Å². The predicted molar refractivity (Wildman–Crippen MR) is 97.3 cm³/mol. The van der Waals surface area contributed by atoms with E-state index in [0.29, 0.717) is 19.0 Å². The molecule has 1 N–H and O–H groups in total. The number of amides is 3. The normalized spacial score (nSPS) is 15.1. The standard InChI is InChI=1S/C19H29N3O2/c1-5-6-9-21-10-11-22(13-18(21)23)19(24)20-16-8-7-15(4)17(12-16)14(2)3/h7-8,12,14H,5-6,9-11,13H2,1-4H3,(H,20,24). The van der Waals surface area contributed by atoms with Crippen LogP contribution in [0.2, 0.25) is 0 Å². The van der Waals surface area contributed by atoms with Gasteiger partial charge in [-0.05, 0) is 42.5 Å². The molecular formula is C19H29N3O2. The van der Waals surface area contributed by atoms with Gasteiger partial charge >= 0.3 is 6.03 Å². The van der Waals surface area contributed by atoms with Gasteiger partial charge in [0, 0.05) is 25.3 Å². The number of carbonyl (C=O) groups excluding carboxylic acids is 2. The van der Waals surface area contributed by atoms with Crippen LogP contribution in [-0.4, -0.2) is 47.9 Å². The highest BCUT2D eigenvalue weighted by Crippen LogP contribution is 2.23. The molecule has 0 bridgehead atoms. The van der Waals surface area contributed by atoms with Crippen LogP contribution in [0.15, 0.2) is 18.2 Å². The first-order valence-electron chi connectivity index (χ1n) is 8.86. The Morgan fingerprint density at radius 1 is 1.29 bits per heavy atom. The molecule has 5 heteroatoms. The average Bonchev–Trinajstić information content (AvgIpc) is 2.55. The zero-order chi connectivity index (χ0) is 17.7. The third kappa shape index (κ3) is 4.49. The lowest BCUT2D eigenvalue weighted by Crippen LogP contribution is -2.53. The first-order valence-corrected chi connectivity index (χ1v) is 8.86. The van der Waals surface area contributed by atoms with E-state index < -0.39 is 0 Å². The fraction of sp³-hybridized carbons (Fsp3) is 0.579. The topological polar surface area (TPSA) is 52.6 Å². The fourth-order valence-corrected chi connectivity index (χ4v) is 3.01. The number of benzene rings is 1. The Morgan fingerprint density at radius 2 is 2.04 bits per heavy atom. The second kappa shape index (κ2) is 8.18. The smallest absolute Gasteiger partial charge is 0.322 e. The maximum Gasteiger partial charge on any atom is 0.322 e. The lowest BCUT2D eigenvalue weighted by atomic mass is 9.97. The van der Waals surface area contributed by atoms with Gasteiger partial charge in [-0.2, -0.15) is 0 Å². The Hall–Kier alpha value is -2.04. The molecule has 3 amide bonds. The lowest BCUT2D eigenvalue weighted by molar-refractivity contribution is -0.134. The van der Waals surface area contributed by atoms with Gasteiger partial charge < -0.3 is 15.1 Å². The van der Waals surface area contributed by atoms with Crippen molar-refractivity contribution in [3.05, 3.63) is 29.3 Å². The van der Waals surface area contributed by atoms with Crippen LogP contribution < -0.4 is 5.32 Å². The van der Waals surface area contributed by atoms with Crippen LogP contribution >= 0.6 is 0 Å². The molecule has 1 heterocycles. The van der Waals surface area contributed by atoms with E-state index in [1.54, 1.807) is 4.90 Å². The molecule has 1 aromatic carbocycles. The number of nitrogens with one attached hydrogen (secondary N) is 1. The molecule has 0 saturated carbocycles. The first-order chi connectivity index (χ1) is 11.4. The molecule has 1 saturated heterocycles. The van der Waals surface area contributed by atoms with Gasteiger partial charge in [0.25, 0.3) is 0 Å². The molecule has 1 fully saturated rings. The number of rotatable bonds is 5. The summed E-state index contributed by atoms with van der Waals surface area (Å²) in [6.45, 7) is 10.6. The summed E-state index contributed by atoms with van der Waals surface area (Å²) < 4.78 is 0. The van der Waals surface area contributed by atoms with Crippen molar-refractivity contribution in [3.8, 4) is 0 Å². The lowest BCUT2D eigenvalue weighted by Gasteiger charge is -2.34. The van der Waals surface area contributed by atoms with Crippen LogP contribution in [0, 0.1) is 6.92 Å². The summed E-state index contributed by atoms with van der Waals surface area (Å²) in [4.78, 5) is 28.1. The van der Waals surface area contributed by atoms with E-state index in [1.807, 2.05) is 23.1 Å². The Balaban J connectivity index is 1.96. The maximum atomic E-state index is 12.4. The molecule has 0 unspecified atom stereocenters. The quantitative estimate of drug-likeness (QED) is 0.896. The number of carbonyl (C=O) groups is 2. The van der Waals surface area contributed by atoms with Crippen molar-refractivity contribution in [2.24, 2.45) is 0 Å². The predicted octanol–water partition coefficient (Wildman–Crippen LogP) is 3.59. The van der Waals surface area contributed by atoms with Crippen LogP contribution in [0.25, 0.3) is 0 Å². The second-order valence-electron chi connectivity index (χ2n) is 6.81. The highest BCUT2D eigenvalue weighted by atomic mass is 16.2. The average molecular weight is 331 g/mol. The summed E-state index contributed by atoms with van der Waals surface area (Å²) in [5, 5.41) is 2.93. The third-order valence-electron chi connectivity index (χ3n) is 4.54. The summed E-state index contributed by atoms with van der Waals surface area (Å²) >= 11 is 0. The third-order valence-corrected chi connectivity index (χ3v) is 4.54. The van der Waals surface area contributed by atoms with Gasteiger partial charge in [-0.3, -0.25) is 4.79 Å². The molecule has 0 radical (unpaired) electrons. The van der Waals surface area contributed by atoms with Gasteiger partial charge in [0.1, 0.15) is 6.54 Å². The molecule has 24 heavy (non-hydrogen) atoms. The molecule has 2 rings (SSSR count). The molecule has 5 nitrogen and oxygen atoms in total. The van der Waals surface area contributed by atoms with Crippen LogP contribution in [-0.2, 0) is 4.79 Å². The van der Waals surface area contributed by atoms with Gasteiger partial charge in [0.2, 0.25) is 5.91 Å². The molecule has 132 valence electrons. The minimum atomic E-state index is -0.197. The molecular weight excluding hydrogens is 302 g/mol. The Labute approximate surface area is 145 Å². The van der Waals surface area contributed by atoms with Crippen molar-refractivity contribution in [2.75, 3.05) is 31.5 Å². The van der Waals surface area contributed by atoms with E-state index in [1.165, 1.54) is 11.1 Å². The summed E-state index contributed by atoms with van der Waals surface area (Å²) in [5.74, 6) is 0.446. The van der Waals surface area contributed by atoms with Gasteiger partial charge in [0.05, 0.1) is 0 Å². The number of hydrogen-bond acceptors (Lipinski definition) is 2. The van der Waals surface area contributed by atoms with Gasteiger partial charge in [-0.25, -0.2) is 4.79 Å².